The summed E-state index contributed by atoms with van der Waals surface area (Å²) in [6, 6.07) is 19.3. The molecule has 4 amide bonds. The third kappa shape index (κ3) is 5.37. The van der Waals surface area contributed by atoms with E-state index in [1.807, 2.05) is 0 Å². The summed E-state index contributed by atoms with van der Waals surface area (Å²) in [6.07, 6.45) is 0. The van der Waals surface area contributed by atoms with Gasteiger partial charge < -0.3 is 21.3 Å². The molecular formula is C24H22N4O4. The molecule has 0 unspecified atom stereocenters. The number of benzene rings is 3. The summed E-state index contributed by atoms with van der Waals surface area (Å²) in [5.74, 6) is -1.09. The maximum Gasteiger partial charge on any atom is 0.255 e. The zero-order chi connectivity index (χ0) is 23.1. The molecule has 0 aromatic heterocycles. The second-order valence-corrected chi connectivity index (χ2v) is 6.80. The SMILES string of the molecule is CNC(=O)c1ccc(C(=O)Nc2ccc(NC(=O)c3ccc(C(=O)NC)cc3)cc2)cc1. The highest BCUT2D eigenvalue weighted by atomic mass is 16.2. The van der Waals surface area contributed by atoms with Gasteiger partial charge in [0.2, 0.25) is 0 Å². The molecule has 8 heteroatoms. The van der Waals surface area contributed by atoms with Crippen molar-refractivity contribution in [2.45, 2.75) is 0 Å². The van der Waals surface area contributed by atoms with Crippen molar-refractivity contribution in [1.82, 2.24) is 10.6 Å². The molecule has 4 N–H and O–H groups in total. The molecule has 0 heterocycles. The summed E-state index contributed by atoms with van der Waals surface area (Å²) < 4.78 is 0. The number of hydrogen-bond acceptors (Lipinski definition) is 4. The fraction of sp³-hybridized carbons (Fsp3) is 0.0833. The summed E-state index contributed by atoms with van der Waals surface area (Å²) in [5, 5.41) is 10.6. The van der Waals surface area contributed by atoms with E-state index in [1.54, 1.807) is 72.8 Å². The van der Waals surface area contributed by atoms with Gasteiger partial charge in [-0.05, 0) is 72.8 Å². The van der Waals surface area contributed by atoms with Gasteiger partial charge >= 0.3 is 0 Å². The summed E-state index contributed by atoms with van der Waals surface area (Å²) >= 11 is 0. The highest BCUT2D eigenvalue weighted by Gasteiger charge is 2.10. The molecule has 0 aliphatic heterocycles. The Kier molecular flexibility index (Phi) is 6.97. The van der Waals surface area contributed by atoms with Crippen LogP contribution in [0.25, 0.3) is 0 Å². The van der Waals surface area contributed by atoms with Gasteiger partial charge in [0.05, 0.1) is 0 Å². The topological polar surface area (TPSA) is 116 Å². The van der Waals surface area contributed by atoms with Crippen molar-refractivity contribution in [3.63, 3.8) is 0 Å². The maximum atomic E-state index is 12.4. The van der Waals surface area contributed by atoms with E-state index in [2.05, 4.69) is 21.3 Å². The van der Waals surface area contributed by atoms with Crippen molar-refractivity contribution in [1.29, 1.82) is 0 Å². The highest BCUT2D eigenvalue weighted by Crippen LogP contribution is 2.16. The first-order valence-electron chi connectivity index (χ1n) is 9.78. The first-order chi connectivity index (χ1) is 15.4. The number of carbonyl (C=O) groups is 4. The van der Waals surface area contributed by atoms with Crippen LogP contribution in [0.5, 0.6) is 0 Å². The molecule has 0 aliphatic carbocycles. The smallest absolute Gasteiger partial charge is 0.255 e. The minimum absolute atomic E-state index is 0.225. The average molecular weight is 430 g/mol. The highest BCUT2D eigenvalue weighted by molar-refractivity contribution is 6.06. The first-order valence-corrected chi connectivity index (χ1v) is 9.78. The van der Waals surface area contributed by atoms with E-state index < -0.39 is 0 Å². The standard InChI is InChI=1S/C24H22N4O4/c1-25-21(29)15-3-7-17(8-4-15)23(31)27-19-11-13-20(14-12-19)28-24(32)18-9-5-16(6-10-18)22(30)26-2/h3-14H,1-2H3,(H,25,29)(H,26,30)(H,27,31)(H,28,32). The molecule has 32 heavy (non-hydrogen) atoms. The van der Waals surface area contributed by atoms with Crippen LogP contribution in [0.3, 0.4) is 0 Å². The van der Waals surface area contributed by atoms with E-state index in [4.69, 9.17) is 0 Å². The Labute approximate surface area is 185 Å². The van der Waals surface area contributed by atoms with Gasteiger partial charge in [0.1, 0.15) is 0 Å². The molecular weight excluding hydrogens is 408 g/mol. The zero-order valence-corrected chi connectivity index (χ0v) is 17.6. The van der Waals surface area contributed by atoms with Crippen LogP contribution >= 0.6 is 0 Å². The van der Waals surface area contributed by atoms with Crippen molar-refractivity contribution >= 4 is 35.0 Å². The molecule has 0 radical (unpaired) electrons. The number of amides is 4. The zero-order valence-electron chi connectivity index (χ0n) is 17.6. The molecule has 3 aromatic carbocycles. The van der Waals surface area contributed by atoms with Crippen LogP contribution in [0.15, 0.2) is 72.8 Å². The molecule has 162 valence electrons. The van der Waals surface area contributed by atoms with E-state index in [0.29, 0.717) is 33.6 Å². The summed E-state index contributed by atoms with van der Waals surface area (Å²) in [7, 11) is 3.08. The van der Waals surface area contributed by atoms with Gasteiger partial charge in [-0.15, -0.1) is 0 Å². The largest absolute Gasteiger partial charge is 0.355 e. The Morgan fingerprint density at radius 1 is 0.438 bits per heavy atom. The van der Waals surface area contributed by atoms with Crippen LogP contribution in [0.2, 0.25) is 0 Å². The minimum Gasteiger partial charge on any atom is -0.355 e. The predicted molar refractivity (Wildman–Crippen MR) is 122 cm³/mol. The number of hydrogen-bond donors (Lipinski definition) is 4. The fourth-order valence-corrected chi connectivity index (χ4v) is 2.88. The molecule has 0 atom stereocenters. The normalized spacial score (nSPS) is 10.1. The van der Waals surface area contributed by atoms with Crippen molar-refractivity contribution < 1.29 is 19.2 Å². The second kappa shape index (κ2) is 10.0. The second-order valence-electron chi connectivity index (χ2n) is 6.80. The number of nitrogens with one attached hydrogen (secondary N) is 4. The Bertz CT molecular complexity index is 1050. The molecule has 8 nitrogen and oxygen atoms in total. The van der Waals surface area contributed by atoms with Crippen molar-refractivity contribution in [2.24, 2.45) is 0 Å². The Morgan fingerprint density at radius 2 is 0.688 bits per heavy atom. The van der Waals surface area contributed by atoms with Gasteiger partial charge in [0, 0.05) is 47.7 Å². The van der Waals surface area contributed by atoms with Gasteiger partial charge in [0.25, 0.3) is 23.6 Å². The number of carbonyl (C=O) groups excluding carboxylic acids is 4. The molecule has 0 saturated carbocycles. The van der Waals surface area contributed by atoms with Gasteiger partial charge in [-0.1, -0.05) is 0 Å². The van der Waals surface area contributed by atoms with Gasteiger partial charge in [-0.3, -0.25) is 19.2 Å². The van der Waals surface area contributed by atoms with Gasteiger partial charge in [0.15, 0.2) is 0 Å². The first kappa shape index (κ1) is 22.2. The van der Waals surface area contributed by atoms with Crippen molar-refractivity contribution in [3.8, 4) is 0 Å². The molecule has 3 aromatic rings. The van der Waals surface area contributed by atoms with Crippen molar-refractivity contribution in [2.75, 3.05) is 24.7 Å². The van der Waals surface area contributed by atoms with Crippen LogP contribution < -0.4 is 21.3 Å². The Balaban J connectivity index is 1.59. The Hall–Kier alpha value is -4.46. The van der Waals surface area contributed by atoms with Gasteiger partial charge in [-0.2, -0.15) is 0 Å². The van der Waals surface area contributed by atoms with E-state index in [1.165, 1.54) is 14.1 Å². The summed E-state index contributed by atoms with van der Waals surface area (Å²) in [6.45, 7) is 0. The van der Waals surface area contributed by atoms with Crippen molar-refractivity contribution in [3.05, 3.63) is 95.1 Å². The third-order valence-electron chi connectivity index (χ3n) is 4.67. The van der Waals surface area contributed by atoms with Crippen LogP contribution in [0, 0.1) is 0 Å². The van der Waals surface area contributed by atoms with E-state index in [0.717, 1.165) is 0 Å². The lowest BCUT2D eigenvalue weighted by atomic mass is 10.1. The molecule has 0 aliphatic rings. The van der Waals surface area contributed by atoms with Crippen LogP contribution in [0.4, 0.5) is 11.4 Å². The molecule has 0 fully saturated rings. The fourth-order valence-electron chi connectivity index (χ4n) is 2.88. The summed E-state index contributed by atoms with van der Waals surface area (Å²) in [4.78, 5) is 48.0. The lowest BCUT2D eigenvalue weighted by molar-refractivity contribution is 0.0955. The molecule has 0 bridgehead atoms. The minimum atomic E-state index is -0.318. The number of anilines is 2. The molecule has 0 saturated heterocycles. The van der Waals surface area contributed by atoms with Crippen LogP contribution in [-0.4, -0.2) is 37.7 Å². The number of rotatable bonds is 6. The van der Waals surface area contributed by atoms with E-state index in [-0.39, 0.29) is 23.6 Å². The third-order valence-corrected chi connectivity index (χ3v) is 4.67. The predicted octanol–water partition coefficient (Wildman–Crippen LogP) is 2.91. The summed E-state index contributed by atoms with van der Waals surface area (Å²) in [5.41, 5.74) is 2.86. The van der Waals surface area contributed by atoms with Crippen LogP contribution in [-0.2, 0) is 0 Å². The lowest BCUT2D eigenvalue weighted by Crippen LogP contribution is -2.18. The maximum absolute atomic E-state index is 12.4. The Morgan fingerprint density at radius 3 is 0.938 bits per heavy atom. The van der Waals surface area contributed by atoms with Gasteiger partial charge in [-0.25, -0.2) is 0 Å². The van der Waals surface area contributed by atoms with Crippen LogP contribution in [0.1, 0.15) is 41.4 Å². The van der Waals surface area contributed by atoms with E-state index >= 15 is 0 Å². The lowest BCUT2D eigenvalue weighted by Gasteiger charge is -2.09. The monoisotopic (exact) mass is 430 g/mol. The van der Waals surface area contributed by atoms with E-state index in [9.17, 15) is 19.2 Å². The molecule has 3 rings (SSSR count). The quantitative estimate of drug-likeness (QED) is 0.481. The average Bonchev–Trinajstić information content (AvgIpc) is 2.84. The molecule has 0 spiro atoms.